The number of carbonyl (C=O) groups excluding carboxylic acids is 1. The number of hydrogen-bond donors (Lipinski definition) is 1. The number of benzene rings is 1. The second kappa shape index (κ2) is 7.79. The van der Waals surface area contributed by atoms with Crippen LogP contribution in [0.2, 0.25) is 0 Å². The van der Waals surface area contributed by atoms with Gasteiger partial charge in [0.15, 0.2) is 0 Å². The summed E-state index contributed by atoms with van der Waals surface area (Å²) in [6.45, 7) is 3.56. The fourth-order valence-electron chi connectivity index (χ4n) is 2.54. The molecule has 0 saturated heterocycles. The molecule has 1 fully saturated rings. The highest BCUT2D eigenvalue weighted by atomic mass is 16.5. The van der Waals surface area contributed by atoms with E-state index < -0.39 is 5.60 Å². The minimum absolute atomic E-state index is 0.0813. The SMILES string of the molecule is CO[C@](C)(C(=O)Nc1ccc(OCCCN(C)C)cc1)C1CC1. The molecule has 0 aromatic heterocycles. The molecule has 23 heavy (non-hydrogen) atoms. The second-order valence-corrected chi connectivity index (χ2v) is 6.57. The Kier molecular flexibility index (Phi) is 6.02. The van der Waals surface area contributed by atoms with E-state index in [1.165, 1.54) is 0 Å². The van der Waals surface area contributed by atoms with Gasteiger partial charge in [-0.15, -0.1) is 0 Å². The number of nitrogens with zero attached hydrogens (tertiary/aromatic N) is 1. The van der Waals surface area contributed by atoms with E-state index in [4.69, 9.17) is 9.47 Å². The predicted octanol–water partition coefficient (Wildman–Crippen LogP) is 2.77. The summed E-state index contributed by atoms with van der Waals surface area (Å²) in [6.07, 6.45) is 3.09. The highest BCUT2D eigenvalue weighted by Crippen LogP contribution is 2.42. The normalized spacial score (nSPS) is 16.9. The maximum absolute atomic E-state index is 12.4. The number of ether oxygens (including phenoxy) is 2. The molecule has 1 aliphatic rings. The van der Waals surface area contributed by atoms with Crippen LogP contribution in [0.4, 0.5) is 5.69 Å². The molecule has 1 saturated carbocycles. The maximum atomic E-state index is 12.4. The largest absolute Gasteiger partial charge is 0.494 e. The highest BCUT2D eigenvalue weighted by molar-refractivity contribution is 5.97. The van der Waals surface area contributed by atoms with E-state index in [-0.39, 0.29) is 5.91 Å². The summed E-state index contributed by atoms with van der Waals surface area (Å²) in [5.74, 6) is 1.06. The Morgan fingerprint density at radius 1 is 1.30 bits per heavy atom. The first-order valence-corrected chi connectivity index (χ1v) is 8.20. The van der Waals surface area contributed by atoms with E-state index in [0.717, 1.165) is 37.2 Å². The lowest BCUT2D eigenvalue weighted by molar-refractivity contribution is -0.138. The van der Waals surface area contributed by atoms with Crippen LogP contribution in [-0.4, -0.2) is 50.8 Å². The Labute approximate surface area is 139 Å². The third-order valence-electron chi connectivity index (χ3n) is 4.36. The summed E-state index contributed by atoms with van der Waals surface area (Å²) in [5.41, 5.74) is 0.0287. The van der Waals surface area contributed by atoms with Crippen molar-refractivity contribution in [2.24, 2.45) is 5.92 Å². The number of carbonyl (C=O) groups is 1. The molecule has 0 radical (unpaired) electrons. The number of amides is 1. The molecule has 0 heterocycles. The Hall–Kier alpha value is -1.59. The van der Waals surface area contributed by atoms with Gasteiger partial charge in [0.2, 0.25) is 0 Å². The molecule has 1 aromatic rings. The van der Waals surface area contributed by atoms with E-state index in [2.05, 4.69) is 10.2 Å². The Morgan fingerprint density at radius 3 is 2.48 bits per heavy atom. The van der Waals surface area contributed by atoms with E-state index >= 15 is 0 Å². The zero-order valence-corrected chi connectivity index (χ0v) is 14.6. The van der Waals surface area contributed by atoms with Crippen molar-refractivity contribution in [2.45, 2.75) is 31.8 Å². The fraction of sp³-hybridized carbons (Fsp3) is 0.611. The lowest BCUT2D eigenvalue weighted by Crippen LogP contribution is -2.43. The van der Waals surface area contributed by atoms with Crippen molar-refractivity contribution in [1.82, 2.24) is 4.90 Å². The van der Waals surface area contributed by atoms with Crippen LogP contribution in [-0.2, 0) is 9.53 Å². The standard InChI is InChI=1S/C18H28N2O3/c1-18(22-4,14-6-7-14)17(21)19-15-8-10-16(11-9-15)23-13-5-12-20(2)3/h8-11,14H,5-7,12-13H2,1-4H3,(H,19,21)/t18-/m0/s1. The average molecular weight is 320 g/mol. The molecule has 1 atom stereocenters. The van der Waals surface area contributed by atoms with Crippen molar-refractivity contribution < 1.29 is 14.3 Å². The van der Waals surface area contributed by atoms with Gasteiger partial charge >= 0.3 is 0 Å². The molecular formula is C18H28N2O3. The quantitative estimate of drug-likeness (QED) is 0.711. The molecule has 2 rings (SSSR count). The summed E-state index contributed by atoms with van der Waals surface area (Å²) in [6, 6.07) is 7.49. The molecule has 5 nitrogen and oxygen atoms in total. The van der Waals surface area contributed by atoms with Crippen molar-refractivity contribution in [2.75, 3.05) is 39.7 Å². The summed E-state index contributed by atoms with van der Waals surface area (Å²) in [7, 11) is 5.70. The molecule has 1 aliphatic carbocycles. The van der Waals surface area contributed by atoms with Gasteiger partial charge in [-0.05, 0) is 70.5 Å². The van der Waals surface area contributed by atoms with Gasteiger partial charge in [-0.25, -0.2) is 0 Å². The molecule has 5 heteroatoms. The van der Waals surface area contributed by atoms with Crippen molar-refractivity contribution in [1.29, 1.82) is 0 Å². The van der Waals surface area contributed by atoms with Crippen molar-refractivity contribution in [3.63, 3.8) is 0 Å². The van der Waals surface area contributed by atoms with Gasteiger partial charge in [0.05, 0.1) is 6.61 Å². The number of nitrogens with one attached hydrogen (secondary N) is 1. The van der Waals surface area contributed by atoms with Crippen molar-refractivity contribution in [3.8, 4) is 5.75 Å². The van der Waals surface area contributed by atoms with Crippen LogP contribution in [0.15, 0.2) is 24.3 Å². The Morgan fingerprint density at radius 2 is 1.96 bits per heavy atom. The van der Waals surface area contributed by atoms with E-state index in [1.54, 1.807) is 7.11 Å². The van der Waals surface area contributed by atoms with Crippen LogP contribution < -0.4 is 10.1 Å². The van der Waals surface area contributed by atoms with Gasteiger partial charge in [0.1, 0.15) is 11.4 Å². The van der Waals surface area contributed by atoms with Crippen LogP contribution >= 0.6 is 0 Å². The van der Waals surface area contributed by atoms with Gasteiger partial charge < -0.3 is 19.7 Å². The van der Waals surface area contributed by atoms with E-state index in [9.17, 15) is 4.79 Å². The predicted molar refractivity (Wildman–Crippen MR) is 91.9 cm³/mol. The topological polar surface area (TPSA) is 50.8 Å². The molecule has 0 bridgehead atoms. The third-order valence-corrected chi connectivity index (χ3v) is 4.36. The first-order valence-electron chi connectivity index (χ1n) is 8.20. The first-order chi connectivity index (χ1) is 11.0. The van der Waals surface area contributed by atoms with Gasteiger partial charge in [-0.3, -0.25) is 4.79 Å². The van der Waals surface area contributed by atoms with Gasteiger partial charge in [0, 0.05) is 19.3 Å². The average Bonchev–Trinajstić information content (AvgIpc) is 3.37. The molecule has 0 aliphatic heterocycles. The lowest BCUT2D eigenvalue weighted by atomic mass is 9.99. The smallest absolute Gasteiger partial charge is 0.256 e. The zero-order chi connectivity index (χ0) is 16.9. The summed E-state index contributed by atoms with van der Waals surface area (Å²) in [4.78, 5) is 14.6. The number of methoxy groups -OCH3 is 1. The molecule has 0 spiro atoms. The van der Waals surface area contributed by atoms with Gasteiger partial charge in [-0.2, -0.15) is 0 Å². The van der Waals surface area contributed by atoms with Crippen LogP contribution in [0, 0.1) is 5.92 Å². The van der Waals surface area contributed by atoms with E-state index in [1.807, 2.05) is 45.3 Å². The van der Waals surface area contributed by atoms with Crippen LogP contribution in [0.5, 0.6) is 5.75 Å². The fourth-order valence-corrected chi connectivity index (χ4v) is 2.54. The second-order valence-electron chi connectivity index (χ2n) is 6.57. The van der Waals surface area contributed by atoms with Gasteiger partial charge in [-0.1, -0.05) is 0 Å². The molecule has 1 amide bonds. The van der Waals surface area contributed by atoms with Crippen LogP contribution in [0.1, 0.15) is 26.2 Å². The molecule has 1 N–H and O–H groups in total. The number of hydrogen-bond acceptors (Lipinski definition) is 4. The zero-order valence-electron chi connectivity index (χ0n) is 14.6. The van der Waals surface area contributed by atoms with Crippen molar-refractivity contribution >= 4 is 11.6 Å². The highest BCUT2D eigenvalue weighted by Gasteiger charge is 2.47. The van der Waals surface area contributed by atoms with Crippen LogP contribution in [0.3, 0.4) is 0 Å². The maximum Gasteiger partial charge on any atom is 0.256 e. The summed E-state index contributed by atoms with van der Waals surface area (Å²) in [5, 5.41) is 2.94. The van der Waals surface area contributed by atoms with Crippen LogP contribution in [0.25, 0.3) is 0 Å². The third kappa shape index (κ3) is 4.94. The number of rotatable bonds is 9. The van der Waals surface area contributed by atoms with Gasteiger partial charge in [0.25, 0.3) is 5.91 Å². The minimum Gasteiger partial charge on any atom is -0.494 e. The number of anilines is 1. The lowest BCUT2D eigenvalue weighted by Gasteiger charge is -2.26. The monoisotopic (exact) mass is 320 g/mol. The van der Waals surface area contributed by atoms with E-state index in [0.29, 0.717) is 12.5 Å². The molecular weight excluding hydrogens is 292 g/mol. The minimum atomic E-state index is -0.735. The Balaban J connectivity index is 1.83. The Bertz CT molecular complexity index is 512. The first kappa shape index (κ1) is 17.8. The van der Waals surface area contributed by atoms with Crippen molar-refractivity contribution in [3.05, 3.63) is 24.3 Å². The summed E-state index contributed by atoms with van der Waals surface area (Å²) >= 11 is 0. The summed E-state index contributed by atoms with van der Waals surface area (Å²) < 4.78 is 11.2. The molecule has 128 valence electrons. The molecule has 0 unspecified atom stereocenters. The molecule has 1 aromatic carbocycles.